The van der Waals surface area contributed by atoms with Crippen LogP contribution < -0.4 is 10.6 Å². The number of anilines is 1. The smallest absolute Gasteiger partial charge is 0.334 e. The second-order valence-electron chi connectivity index (χ2n) is 7.53. The number of alkyl halides is 3. The van der Waals surface area contributed by atoms with Gasteiger partial charge in [-0.15, -0.1) is 0 Å². The number of nitrogens with two attached hydrogens (primary N) is 1. The zero-order chi connectivity index (χ0) is 21.8. The highest BCUT2D eigenvalue weighted by Gasteiger charge is 2.49. The van der Waals surface area contributed by atoms with Gasteiger partial charge in [-0.25, -0.2) is 0 Å². The number of hydrogen-bond acceptors (Lipinski definition) is 4. The minimum Gasteiger partial charge on any atom is -0.334 e. The van der Waals surface area contributed by atoms with Crippen LogP contribution in [0.3, 0.4) is 0 Å². The summed E-state index contributed by atoms with van der Waals surface area (Å²) in [6.07, 6.45) is 0.112. The number of benzene rings is 1. The first-order valence-corrected chi connectivity index (χ1v) is 9.94. The number of halogens is 3. The Balaban J connectivity index is 2.23. The van der Waals surface area contributed by atoms with Crippen LogP contribution >= 0.6 is 12.2 Å². The van der Waals surface area contributed by atoms with E-state index in [0.29, 0.717) is 13.1 Å². The predicted octanol–water partition coefficient (Wildman–Crippen LogP) is 4.20. The molecule has 1 saturated heterocycles. The van der Waals surface area contributed by atoms with Gasteiger partial charge < -0.3 is 10.6 Å². The van der Waals surface area contributed by atoms with E-state index in [1.165, 1.54) is 6.07 Å². The van der Waals surface area contributed by atoms with Gasteiger partial charge in [-0.1, -0.05) is 19.3 Å². The standard InChI is InChI=1S/C20H25F3N4OS/c1-19(2)17(28)27(18(29)26(19)11-7-5-3-4-6-10-24)15-9-8-14(13-25)16(12-15)20(21,22)23/h8-9,12H,3-7,10-11,24H2,1-2H3. The summed E-state index contributed by atoms with van der Waals surface area (Å²) in [6, 6.07) is 4.75. The number of rotatable bonds is 8. The van der Waals surface area contributed by atoms with Crippen LogP contribution in [-0.2, 0) is 11.0 Å². The van der Waals surface area contributed by atoms with Gasteiger partial charge in [0.15, 0.2) is 5.11 Å². The molecular formula is C20H25F3N4OS. The Kier molecular flexibility index (Phi) is 7.25. The van der Waals surface area contributed by atoms with Crippen molar-refractivity contribution in [2.45, 2.75) is 57.7 Å². The first-order valence-electron chi connectivity index (χ1n) is 9.53. The maximum absolute atomic E-state index is 13.3. The van der Waals surface area contributed by atoms with Crippen molar-refractivity contribution in [3.05, 3.63) is 29.3 Å². The monoisotopic (exact) mass is 426 g/mol. The Morgan fingerprint density at radius 1 is 1.17 bits per heavy atom. The summed E-state index contributed by atoms with van der Waals surface area (Å²) >= 11 is 5.46. The Labute approximate surface area is 174 Å². The van der Waals surface area contributed by atoms with E-state index in [0.717, 1.165) is 49.1 Å². The minimum atomic E-state index is -4.70. The molecule has 2 rings (SSSR count). The fourth-order valence-corrected chi connectivity index (χ4v) is 3.89. The van der Waals surface area contributed by atoms with Crippen LogP contribution in [0.1, 0.15) is 57.1 Å². The minimum absolute atomic E-state index is 0.0184. The van der Waals surface area contributed by atoms with Gasteiger partial charge in [0.2, 0.25) is 0 Å². The fraction of sp³-hybridized carbons (Fsp3) is 0.550. The van der Waals surface area contributed by atoms with Crippen LogP contribution in [0, 0.1) is 11.3 Å². The van der Waals surface area contributed by atoms with Crippen molar-refractivity contribution in [2.24, 2.45) is 5.73 Å². The third-order valence-corrected chi connectivity index (χ3v) is 5.50. The molecule has 0 unspecified atom stereocenters. The first-order chi connectivity index (χ1) is 13.6. The maximum Gasteiger partial charge on any atom is 0.417 e. The number of nitrogens with zero attached hydrogens (tertiary/aromatic N) is 3. The molecule has 0 spiro atoms. The number of carbonyl (C=O) groups is 1. The normalized spacial score (nSPS) is 16.4. The van der Waals surface area contributed by atoms with Gasteiger partial charge in [0.25, 0.3) is 5.91 Å². The molecule has 1 aliphatic rings. The molecule has 1 aromatic carbocycles. The average molecular weight is 427 g/mol. The summed E-state index contributed by atoms with van der Waals surface area (Å²) in [5, 5.41) is 9.15. The first kappa shape index (κ1) is 23.1. The van der Waals surface area contributed by atoms with Crippen molar-refractivity contribution in [3.63, 3.8) is 0 Å². The Morgan fingerprint density at radius 2 is 1.79 bits per heavy atom. The van der Waals surface area contributed by atoms with Crippen LogP contribution in [0.4, 0.5) is 18.9 Å². The lowest BCUT2D eigenvalue weighted by Crippen LogP contribution is -2.44. The third kappa shape index (κ3) is 4.87. The molecule has 5 nitrogen and oxygen atoms in total. The zero-order valence-electron chi connectivity index (χ0n) is 16.6. The molecule has 1 aliphatic heterocycles. The Bertz CT molecular complexity index is 817. The second kappa shape index (κ2) is 9.09. The zero-order valence-corrected chi connectivity index (χ0v) is 17.4. The number of unbranched alkanes of at least 4 members (excludes halogenated alkanes) is 4. The predicted molar refractivity (Wildman–Crippen MR) is 109 cm³/mol. The lowest BCUT2D eigenvalue weighted by molar-refractivity contribution is -0.137. The Morgan fingerprint density at radius 3 is 2.38 bits per heavy atom. The van der Waals surface area contributed by atoms with E-state index < -0.39 is 22.8 Å². The third-order valence-electron chi connectivity index (χ3n) is 5.10. The molecule has 2 N–H and O–H groups in total. The molecule has 0 atom stereocenters. The average Bonchev–Trinajstić information content (AvgIpc) is 2.82. The van der Waals surface area contributed by atoms with Crippen molar-refractivity contribution >= 4 is 28.9 Å². The largest absolute Gasteiger partial charge is 0.417 e. The fourth-order valence-electron chi connectivity index (χ4n) is 3.39. The van der Waals surface area contributed by atoms with Crippen molar-refractivity contribution in [3.8, 4) is 6.07 Å². The van der Waals surface area contributed by atoms with E-state index >= 15 is 0 Å². The van der Waals surface area contributed by atoms with Gasteiger partial charge >= 0.3 is 6.18 Å². The van der Waals surface area contributed by atoms with Gasteiger partial charge in [0.05, 0.1) is 22.9 Å². The molecule has 0 saturated carbocycles. The van der Waals surface area contributed by atoms with E-state index in [1.807, 2.05) is 0 Å². The maximum atomic E-state index is 13.3. The number of nitriles is 1. The van der Waals surface area contributed by atoms with Crippen LogP contribution in [-0.4, -0.2) is 34.5 Å². The summed E-state index contributed by atoms with van der Waals surface area (Å²) in [4.78, 5) is 15.9. The highest BCUT2D eigenvalue weighted by atomic mass is 32.1. The lowest BCUT2D eigenvalue weighted by atomic mass is 10.0. The Hall–Kier alpha value is -2.18. The van der Waals surface area contributed by atoms with Crippen LogP contribution in [0.15, 0.2) is 18.2 Å². The van der Waals surface area contributed by atoms with Crippen molar-refractivity contribution in [1.82, 2.24) is 4.90 Å². The quantitative estimate of drug-likeness (QED) is 0.498. The van der Waals surface area contributed by atoms with E-state index in [9.17, 15) is 18.0 Å². The molecule has 1 fully saturated rings. The molecular weight excluding hydrogens is 401 g/mol. The van der Waals surface area contributed by atoms with Crippen LogP contribution in [0.5, 0.6) is 0 Å². The topological polar surface area (TPSA) is 73.4 Å². The molecule has 0 aliphatic carbocycles. The molecule has 0 radical (unpaired) electrons. The van der Waals surface area contributed by atoms with Crippen LogP contribution in [0.25, 0.3) is 0 Å². The van der Waals surface area contributed by atoms with Gasteiger partial charge in [-0.05, 0) is 63.7 Å². The molecule has 1 aromatic rings. The molecule has 9 heteroatoms. The summed E-state index contributed by atoms with van der Waals surface area (Å²) < 4.78 is 39.9. The van der Waals surface area contributed by atoms with E-state index in [2.05, 4.69) is 0 Å². The molecule has 0 aromatic heterocycles. The van der Waals surface area contributed by atoms with Gasteiger partial charge in [-0.2, -0.15) is 18.4 Å². The van der Waals surface area contributed by atoms with Gasteiger partial charge in [0, 0.05) is 6.54 Å². The van der Waals surface area contributed by atoms with Crippen molar-refractivity contribution in [1.29, 1.82) is 5.26 Å². The van der Waals surface area contributed by atoms with E-state index in [1.54, 1.807) is 24.8 Å². The number of carbonyl (C=O) groups excluding carboxylic acids is 1. The molecule has 158 valence electrons. The summed E-state index contributed by atoms with van der Waals surface area (Å²) in [6.45, 7) is 4.63. The number of thiocarbonyl (C=S) groups is 1. The highest BCUT2D eigenvalue weighted by Crippen LogP contribution is 2.37. The highest BCUT2D eigenvalue weighted by molar-refractivity contribution is 7.80. The van der Waals surface area contributed by atoms with E-state index in [4.69, 9.17) is 23.2 Å². The van der Waals surface area contributed by atoms with Crippen molar-refractivity contribution < 1.29 is 18.0 Å². The number of hydrogen-bond donors (Lipinski definition) is 1. The molecule has 1 heterocycles. The van der Waals surface area contributed by atoms with Gasteiger partial charge in [-0.3, -0.25) is 9.69 Å². The lowest BCUT2D eigenvalue weighted by Gasteiger charge is -2.29. The van der Waals surface area contributed by atoms with Gasteiger partial charge in [0.1, 0.15) is 5.54 Å². The van der Waals surface area contributed by atoms with E-state index in [-0.39, 0.29) is 16.7 Å². The second-order valence-corrected chi connectivity index (χ2v) is 7.89. The number of amides is 1. The summed E-state index contributed by atoms with van der Waals surface area (Å²) in [7, 11) is 0. The molecule has 1 amide bonds. The van der Waals surface area contributed by atoms with Crippen LogP contribution in [0.2, 0.25) is 0 Å². The SMILES string of the molecule is CC1(C)C(=O)N(c2ccc(C#N)c(C(F)(F)F)c2)C(=S)N1CCCCCCCN. The summed E-state index contributed by atoms with van der Waals surface area (Å²) in [5.41, 5.74) is 2.97. The summed E-state index contributed by atoms with van der Waals surface area (Å²) in [5.74, 6) is -0.386. The molecule has 0 bridgehead atoms. The molecule has 29 heavy (non-hydrogen) atoms. The van der Waals surface area contributed by atoms with Crippen molar-refractivity contribution in [2.75, 3.05) is 18.0 Å².